The Balaban J connectivity index is 1.59. The molecule has 1 fully saturated rings. The highest BCUT2D eigenvalue weighted by Crippen LogP contribution is 2.19. The molecule has 1 aliphatic carbocycles. The number of aromatic nitrogens is 1. The second-order valence-corrected chi connectivity index (χ2v) is 8.87. The molecule has 2 aromatic carbocycles. The number of nitrogens with one attached hydrogen (secondary N) is 2. The van der Waals surface area contributed by atoms with Gasteiger partial charge in [0.25, 0.3) is 5.56 Å². The zero-order valence-corrected chi connectivity index (χ0v) is 18.6. The fourth-order valence-corrected chi connectivity index (χ4v) is 4.50. The molecule has 0 radical (unpaired) electrons. The van der Waals surface area contributed by atoms with Gasteiger partial charge in [0.2, 0.25) is 0 Å². The molecule has 0 bridgehead atoms. The monoisotopic (exact) mass is 437 g/mol. The molecule has 162 valence electrons. The van der Waals surface area contributed by atoms with E-state index in [1.165, 1.54) is 31.4 Å². The molecule has 6 heteroatoms. The summed E-state index contributed by atoms with van der Waals surface area (Å²) in [6.45, 7) is 2.89. The van der Waals surface area contributed by atoms with Gasteiger partial charge in [-0.05, 0) is 72.8 Å². The van der Waals surface area contributed by atoms with Crippen molar-refractivity contribution in [3.05, 3.63) is 81.4 Å². The Labute approximate surface area is 187 Å². The van der Waals surface area contributed by atoms with Crippen LogP contribution in [-0.2, 0) is 13.1 Å². The summed E-state index contributed by atoms with van der Waals surface area (Å²) in [5.74, 6) is -0.264. The molecule has 0 atom stereocenters. The van der Waals surface area contributed by atoms with Gasteiger partial charge in [-0.1, -0.05) is 43.5 Å². The number of halogens is 1. The summed E-state index contributed by atoms with van der Waals surface area (Å²) >= 11 is 5.77. The molecule has 4 rings (SSSR count). The Morgan fingerprint density at radius 2 is 1.84 bits per heavy atom. The van der Waals surface area contributed by atoms with Gasteiger partial charge in [-0.3, -0.25) is 4.79 Å². The first-order valence-electron chi connectivity index (χ1n) is 10.9. The molecule has 2 N–H and O–H groups in total. The summed E-state index contributed by atoms with van der Waals surface area (Å²) in [6.07, 6.45) is 5.92. The second kappa shape index (κ2) is 9.60. The van der Waals surface area contributed by atoms with Gasteiger partial charge in [0.1, 0.15) is 5.82 Å². The second-order valence-electron chi connectivity index (χ2n) is 8.48. The van der Waals surface area contributed by atoms with E-state index in [4.69, 9.17) is 12.2 Å². The van der Waals surface area contributed by atoms with Crippen LogP contribution in [0.2, 0.25) is 0 Å². The standard InChI is InChI=1S/C25H28FN3OS/c1-17-7-10-19-14-20(24(30)28-23(19)13-17)16-29(15-18-8-11-21(26)12-9-18)25(31)27-22-5-3-2-4-6-22/h7-14,22H,2-6,15-16H2,1H3,(H,27,31)(H,28,30). The van der Waals surface area contributed by atoms with Crippen LogP contribution in [0.4, 0.5) is 4.39 Å². The lowest BCUT2D eigenvalue weighted by molar-refractivity contribution is 0.362. The largest absolute Gasteiger partial charge is 0.360 e. The van der Waals surface area contributed by atoms with Crippen molar-refractivity contribution in [2.75, 3.05) is 0 Å². The Bertz CT molecular complexity index is 1120. The van der Waals surface area contributed by atoms with E-state index in [0.717, 1.165) is 34.9 Å². The van der Waals surface area contributed by atoms with E-state index in [1.807, 2.05) is 36.1 Å². The number of benzene rings is 2. The molecule has 31 heavy (non-hydrogen) atoms. The molecule has 0 spiro atoms. The number of thiocarbonyl (C=S) groups is 1. The zero-order chi connectivity index (χ0) is 21.8. The van der Waals surface area contributed by atoms with Gasteiger partial charge in [0.15, 0.2) is 5.11 Å². The maximum atomic E-state index is 13.4. The van der Waals surface area contributed by atoms with E-state index in [2.05, 4.69) is 10.3 Å². The van der Waals surface area contributed by atoms with E-state index in [-0.39, 0.29) is 11.4 Å². The molecule has 3 aromatic rings. The smallest absolute Gasteiger partial charge is 0.253 e. The Kier molecular flexibility index (Phi) is 6.66. The predicted octanol–water partition coefficient (Wildman–Crippen LogP) is 5.19. The van der Waals surface area contributed by atoms with Crippen molar-refractivity contribution >= 4 is 28.2 Å². The van der Waals surface area contributed by atoms with Gasteiger partial charge in [-0.25, -0.2) is 4.39 Å². The number of hydrogen-bond acceptors (Lipinski definition) is 2. The highest BCUT2D eigenvalue weighted by atomic mass is 32.1. The molecule has 1 heterocycles. The van der Waals surface area contributed by atoms with Crippen LogP contribution in [0.1, 0.15) is 48.8 Å². The minimum atomic E-state index is -0.264. The summed E-state index contributed by atoms with van der Waals surface area (Å²) in [4.78, 5) is 17.8. The number of H-pyrrole nitrogens is 1. The summed E-state index contributed by atoms with van der Waals surface area (Å²) in [5.41, 5.74) is 3.43. The lowest BCUT2D eigenvalue weighted by Crippen LogP contribution is -2.45. The summed E-state index contributed by atoms with van der Waals surface area (Å²) in [6, 6.07) is 14.8. The summed E-state index contributed by atoms with van der Waals surface area (Å²) in [5, 5.41) is 5.14. The number of aryl methyl sites for hydroxylation is 1. The molecule has 1 saturated carbocycles. The molecule has 4 nitrogen and oxygen atoms in total. The van der Waals surface area contributed by atoms with Gasteiger partial charge in [-0.2, -0.15) is 0 Å². The van der Waals surface area contributed by atoms with Crippen LogP contribution >= 0.6 is 12.2 Å². The maximum Gasteiger partial charge on any atom is 0.253 e. The number of pyridine rings is 1. The third kappa shape index (κ3) is 5.50. The zero-order valence-electron chi connectivity index (χ0n) is 17.8. The average Bonchev–Trinajstić information content (AvgIpc) is 2.76. The highest BCUT2D eigenvalue weighted by Gasteiger charge is 2.19. The van der Waals surface area contributed by atoms with E-state index >= 15 is 0 Å². The van der Waals surface area contributed by atoms with Gasteiger partial charge in [-0.15, -0.1) is 0 Å². The number of hydrogen-bond donors (Lipinski definition) is 2. The van der Waals surface area contributed by atoms with Gasteiger partial charge in [0, 0.05) is 23.7 Å². The topological polar surface area (TPSA) is 48.1 Å². The number of fused-ring (bicyclic) bond motifs is 1. The lowest BCUT2D eigenvalue weighted by Gasteiger charge is -2.31. The first-order chi connectivity index (χ1) is 15.0. The third-order valence-electron chi connectivity index (χ3n) is 5.95. The predicted molar refractivity (Wildman–Crippen MR) is 128 cm³/mol. The SMILES string of the molecule is Cc1ccc2cc(CN(Cc3ccc(F)cc3)C(=S)NC3CCCCC3)c(=O)[nH]c2c1. The Hall–Kier alpha value is -2.73. The van der Waals surface area contributed by atoms with Crippen LogP contribution in [0.5, 0.6) is 0 Å². The number of aromatic amines is 1. The van der Waals surface area contributed by atoms with Crippen molar-refractivity contribution in [3.63, 3.8) is 0 Å². The van der Waals surface area contributed by atoms with E-state index in [1.54, 1.807) is 12.1 Å². The van der Waals surface area contributed by atoms with E-state index in [9.17, 15) is 9.18 Å². The molecular weight excluding hydrogens is 409 g/mol. The van der Waals surface area contributed by atoms with Crippen molar-refractivity contribution in [1.82, 2.24) is 15.2 Å². The van der Waals surface area contributed by atoms with Crippen LogP contribution in [0.25, 0.3) is 10.9 Å². The summed E-state index contributed by atoms with van der Waals surface area (Å²) < 4.78 is 13.4. The molecule has 1 aromatic heterocycles. The van der Waals surface area contributed by atoms with Crippen molar-refractivity contribution in [2.45, 2.75) is 58.2 Å². The van der Waals surface area contributed by atoms with E-state index < -0.39 is 0 Å². The molecular formula is C25H28FN3OS. The van der Waals surface area contributed by atoms with Crippen molar-refractivity contribution in [2.24, 2.45) is 0 Å². The third-order valence-corrected chi connectivity index (χ3v) is 6.32. The first-order valence-corrected chi connectivity index (χ1v) is 11.3. The normalized spacial score (nSPS) is 14.5. The Morgan fingerprint density at radius 3 is 2.58 bits per heavy atom. The number of nitrogens with zero attached hydrogens (tertiary/aromatic N) is 1. The molecule has 1 aliphatic rings. The van der Waals surface area contributed by atoms with Crippen LogP contribution in [0.3, 0.4) is 0 Å². The minimum Gasteiger partial charge on any atom is -0.360 e. The number of rotatable bonds is 5. The minimum absolute atomic E-state index is 0.109. The first kappa shape index (κ1) is 21.5. The van der Waals surface area contributed by atoms with Crippen LogP contribution in [-0.4, -0.2) is 21.0 Å². The molecule has 0 unspecified atom stereocenters. The van der Waals surface area contributed by atoms with Gasteiger partial charge >= 0.3 is 0 Å². The fourth-order valence-electron chi connectivity index (χ4n) is 4.21. The molecule has 0 amide bonds. The Morgan fingerprint density at radius 1 is 1.10 bits per heavy atom. The average molecular weight is 438 g/mol. The van der Waals surface area contributed by atoms with Gasteiger partial charge in [0.05, 0.1) is 6.54 Å². The van der Waals surface area contributed by atoms with Crippen LogP contribution in [0.15, 0.2) is 53.3 Å². The maximum absolute atomic E-state index is 13.4. The molecule has 0 aliphatic heterocycles. The van der Waals surface area contributed by atoms with Crippen molar-refractivity contribution in [1.29, 1.82) is 0 Å². The van der Waals surface area contributed by atoms with Crippen molar-refractivity contribution in [3.8, 4) is 0 Å². The van der Waals surface area contributed by atoms with Crippen molar-refractivity contribution < 1.29 is 4.39 Å². The van der Waals surface area contributed by atoms with E-state index in [0.29, 0.717) is 29.8 Å². The highest BCUT2D eigenvalue weighted by molar-refractivity contribution is 7.80. The fraction of sp³-hybridized carbons (Fsp3) is 0.360. The van der Waals surface area contributed by atoms with Crippen LogP contribution < -0.4 is 10.9 Å². The van der Waals surface area contributed by atoms with Crippen LogP contribution in [0, 0.1) is 12.7 Å². The summed E-state index contributed by atoms with van der Waals surface area (Å²) in [7, 11) is 0. The molecule has 0 saturated heterocycles. The lowest BCUT2D eigenvalue weighted by atomic mass is 9.96. The quantitative estimate of drug-likeness (QED) is 0.540. The van der Waals surface area contributed by atoms with Gasteiger partial charge < -0.3 is 15.2 Å².